The Morgan fingerprint density at radius 1 is 1.18 bits per heavy atom. The molecular weight excluding hydrogens is 416 g/mol. The summed E-state index contributed by atoms with van der Waals surface area (Å²) in [5.41, 5.74) is 4.32. The van der Waals surface area contributed by atoms with E-state index in [9.17, 15) is 4.79 Å². The average Bonchev–Trinajstić information content (AvgIpc) is 3.33. The molecule has 0 aliphatic carbocycles. The van der Waals surface area contributed by atoms with Gasteiger partial charge >= 0.3 is 0 Å². The topological polar surface area (TPSA) is 68.6 Å². The van der Waals surface area contributed by atoms with Gasteiger partial charge in [-0.1, -0.05) is 0 Å². The van der Waals surface area contributed by atoms with E-state index < -0.39 is 0 Å². The van der Waals surface area contributed by atoms with Gasteiger partial charge in [0.2, 0.25) is 5.91 Å². The van der Waals surface area contributed by atoms with E-state index in [-0.39, 0.29) is 11.9 Å². The number of anilines is 1. The Hall–Kier alpha value is -2.38. The van der Waals surface area contributed by atoms with Gasteiger partial charge in [0, 0.05) is 49.1 Å². The minimum absolute atomic E-state index is 0.0882. The van der Waals surface area contributed by atoms with Gasteiger partial charge in [0.1, 0.15) is 5.75 Å². The number of nitrogens with zero attached hydrogens (tertiary/aromatic N) is 3. The van der Waals surface area contributed by atoms with Gasteiger partial charge in [-0.25, -0.2) is 0 Å². The van der Waals surface area contributed by atoms with Gasteiger partial charge in [0.25, 0.3) is 0 Å². The van der Waals surface area contributed by atoms with Crippen LogP contribution in [0.2, 0.25) is 0 Å². The number of hydrogen-bond acceptors (Lipinski definition) is 5. The maximum atomic E-state index is 12.5. The van der Waals surface area contributed by atoms with Crippen molar-refractivity contribution in [1.82, 2.24) is 15.1 Å². The third-order valence-electron chi connectivity index (χ3n) is 7.49. The normalized spacial score (nSPS) is 22.2. The van der Waals surface area contributed by atoms with Crippen LogP contribution in [0, 0.1) is 5.92 Å². The number of carbonyl (C=O) groups is 1. The number of ether oxygens (including phenoxy) is 2. The second-order valence-corrected chi connectivity index (χ2v) is 9.77. The van der Waals surface area contributed by atoms with Crippen LogP contribution in [0.5, 0.6) is 5.75 Å². The Morgan fingerprint density at radius 3 is 2.73 bits per heavy atom. The van der Waals surface area contributed by atoms with Crippen molar-refractivity contribution in [2.75, 3.05) is 37.8 Å². The number of piperidine rings is 1. The number of amides is 1. The van der Waals surface area contributed by atoms with Crippen molar-refractivity contribution in [3.8, 4) is 16.9 Å². The molecule has 1 aromatic carbocycles. The third-order valence-corrected chi connectivity index (χ3v) is 7.49. The van der Waals surface area contributed by atoms with Gasteiger partial charge in [0.05, 0.1) is 24.5 Å². The summed E-state index contributed by atoms with van der Waals surface area (Å²) < 4.78 is 14.3. The fourth-order valence-corrected chi connectivity index (χ4v) is 5.54. The Balaban J connectivity index is 1.50. The van der Waals surface area contributed by atoms with Crippen molar-refractivity contribution < 1.29 is 14.3 Å². The Bertz CT molecular complexity index is 976. The van der Waals surface area contributed by atoms with Gasteiger partial charge in [-0.15, -0.1) is 0 Å². The lowest BCUT2D eigenvalue weighted by molar-refractivity contribution is -0.117. The fourth-order valence-electron chi connectivity index (χ4n) is 5.54. The number of aromatic nitrogens is 2. The standard InChI is InChI=1S/C26H36N4O3/c1-18-3-4-24-25(30(18)19(2)31)6-5-23(26(24)33-17-20-9-13-32-14-10-20)21-15-28-29(16-21)22-7-11-27-12-8-22/h5-6,15-16,18,20,22,27H,3-4,7-14,17H2,1-2H3. The van der Waals surface area contributed by atoms with Crippen molar-refractivity contribution in [1.29, 1.82) is 0 Å². The minimum Gasteiger partial charge on any atom is -0.492 e. The van der Waals surface area contributed by atoms with E-state index in [1.807, 2.05) is 11.1 Å². The molecule has 7 heteroatoms. The first-order valence-corrected chi connectivity index (χ1v) is 12.5. The average molecular weight is 453 g/mol. The highest BCUT2D eigenvalue weighted by atomic mass is 16.5. The molecule has 0 spiro atoms. The van der Waals surface area contributed by atoms with E-state index in [1.54, 1.807) is 6.92 Å². The number of hydrogen-bond donors (Lipinski definition) is 1. The van der Waals surface area contributed by atoms with Crippen LogP contribution < -0.4 is 15.0 Å². The molecule has 2 fully saturated rings. The molecule has 0 bridgehead atoms. The van der Waals surface area contributed by atoms with Gasteiger partial charge in [-0.2, -0.15) is 5.10 Å². The summed E-state index contributed by atoms with van der Waals surface area (Å²) in [5, 5.41) is 8.16. The lowest BCUT2D eigenvalue weighted by Gasteiger charge is -2.36. The molecular formula is C26H36N4O3. The molecule has 3 aliphatic rings. The first-order chi connectivity index (χ1) is 16.1. The molecule has 0 radical (unpaired) electrons. The summed E-state index contributed by atoms with van der Waals surface area (Å²) >= 11 is 0. The van der Waals surface area contributed by atoms with Crippen LogP contribution >= 0.6 is 0 Å². The van der Waals surface area contributed by atoms with E-state index in [4.69, 9.17) is 14.6 Å². The van der Waals surface area contributed by atoms with Crippen LogP contribution in [0.4, 0.5) is 5.69 Å². The maximum absolute atomic E-state index is 12.5. The molecule has 1 unspecified atom stereocenters. The zero-order valence-electron chi connectivity index (χ0n) is 19.9. The van der Waals surface area contributed by atoms with Crippen LogP contribution in [-0.2, 0) is 16.0 Å². The Kier molecular flexibility index (Phi) is 6.69. The van der Waals surface area contributed by atoms with Crippen molar-refractivity contribution in [2.45, 2.75) is 64.5 Å². The third kappa shape index (κ3) is 4.66. The summed E-state index contributed by atoms with van der Waals surface area (Å²) in [7, 11) is 0. The van der Waals surface area contributed by atoms with E-state index in [0.29, 0.717) is 18.6 Å². The monoisotopic (exact) mass is 452 g/mol. The number of fused-ring (bicyclic) bond motifs is 1. The van der Waals surface area contributed by atoms with Crippen LogP contribution in [-0.4, -0.2) is 54.6 Å². The maximum Gasteiger partial charge on any atom is 0.224 e. The van der Waals surface area contributed by atoms with Crippen LogP contribution in [0.25, 0.3) is 11.1 Å². The first-order valence-electron chi connectivity index (χ1n) is 12.5. The van der Waals surface area contributed by atoms with Gasteiger partial charge in [0.15, 0.2) is 0 Å². The number of rotatable bonds is 5. The van der Waals surface area contributed by atoms with E-state index in [0.717, 1.165) is 93.0 Å². The lowest BCUT2D eigenvalue weighted by atomic mass is 9.92. The van der Waals surface area contributed by atoms with Gasteiger partial charge in [-0.3, -0.25) is 9.48 Å². The second-order valence-electron chi connectivity index (χ2n) is 9.77. The summed E-state index contributed by atoms with van der Waals surface area (Å²) in [5.74, 6) is 1.53. The molecule has 1 atom stereocenters. The minimum atomic E-state index is 0.0882. The van der Waals surface area contributed by atoms with Crippen LogP contribution in [0.15, 0.2) is 24.5 Å². The molecule has 1 N–H and O–H groups in total. The predicted molar refractivity (Wildman–Crippen MR) is 129 cm³/mol. The highest BCUT2D eigenvalue weighted by molar-refractivity contribution is 5.95. The molecule has 3 aliphatic heterocycles. The quantitative estimate of drug-likeness (QED) is 0.744. The highest BCUT2D eigenvalue weighted by Crippen LogP contribution is 2.43. The van der Waals surface area contributed by atoms with Crippen molar-refractivity contribution >= 4 is 11.6 Å². The highest BCUT2D eigenvalue weighted by Gasteiger charge is 2.30. The fraction of sp³-hybridized carbons (Fsp3) is 0.615. The number of benzene rings is 1. The molecule has 2 saturated heterocycles. The largest absolute Gasteiger partial charge is 0.492 e. The van der Waals surface area contributed by atoms with Crippen molar-refractivity contribution in [3.05, 3.63) is 30.1 Å². The second kappa shape index (κ2) is 9.85. The van der Waals surface area contributed by atoms with Crippen LogP contribution in [0.1, 0.15) is 57.6 Å². The predicted octanol–water partition coefficient (Wildman–Crippen LogP) is 3.97. The van der Waals surface area contributed by atoms with Gasteiger partial charge in [-0.05, 0) is 76.6 Å². The summed E-state index contributed by atoms with van der Waals surface area (Å²) in [6.45, 7) is 8.17. The SMILES string of the molecule is CC(=O)N1c2ccc(-c3cnn(C4CCNCC4)c3)c(OCC3CCOCC3)c2CCC1C. The van der Waals surface area contributed by atoms with Gasteiger partial charge < -0.3 is 19.7 Å². The molecule has 7 nitrogen and oxygen atoms in total. The van der Waals surface area contributed by atoms with E-state index in [1.165, 1.54) is 0 Å². The molecule has 33 heavy (non-hydrogen) atoms. The van der Waals surface area contributed by atoms with E-state index in [2.05, 4.69) is 35.3 Å². The van der Waals surface area contributed by atoms with Crippen molar-refractivity contribution in [2.24, 2.45) is 5.92 Å². The molecule has 178 valence electrons. The number of nitrogens with one attached hydrogen (secondary N) is 1. The summed E-state index contributed by atoms with van der Waals surface area (Å²) in [6, 6.07) is 4.87. The Labute approximate surface area is 196 Å². The lowest BCUT2D eigenvalue weighted by Crippen LogP contribution is -2.40. The summed E-state index contributed by atoms with van der Waals surface area (Å²) in [6.07, 6.45) is 10.3. The van der Waals surface area contributed by atoms with Crippen molar-refractivity contribution in [3.63, 3.8) is 0 Å². The number of carbonyl (C=O) groups excluding carboxylic acids is 1. The molecule has 0 saturated carbocycles. The van der Waals surface area contributed by atoms with Crippen LogP contribution in [0.3, 0.4) is 0 Å². The Morgan fingerprint density at radius 2 is 1.97 bits per heavy atom. The first kappa shape index (κ1) is 22.4. The molecule has 1 amide bonds. The zero-order chi connectivity index (χ0) is 22.8. The molecule has 5 rings (SSSR count). The molecule has 4 heterocycles. The van der Waals surface area contributed by atoms with E-state index >= 15 is 0 Å². The molecule has 2 aromatic rings. The smallest absolute Gasteiger partial charge is 0.224 e. The zero-order valence-corrected chi connectivity index (χ0v) is 19.9. The summed E-state index contributed by atoms with van der Waals surface area (Å²) in [4.78, 5) is 14.4. The molecule has 1 aromatic heterocycles.